The molecule has 20 heavy (non-hydrogen) atoms. The van der Waals surface area contributed by atoms with E-state index in [0.717, 1.165) is 11.4 Å². The molecule has 0 aliphatic rings. The molecule has 0 spiro atoms. The Morgan fingerprint density at radius 3 is 2.55 bits per heavy atom. The third-order valence-electron chi connectivity index (χ3n) is 3.57. The second kappa shape index (κ2) is 6.14. The van der Waals surface area contributed by atoms with E-state index in [4.69, 9.17) is 0 Å². The van der Waals surface area contributed by atoms with Gasteiger partial charge < -0.3 is 5.32 Å². The molecule has 106 valence electrons. The first-order valence-corrected chi connectivity index (χ1v) is 6.90. The summed E-state index contributed by atoms with van der Waals surface area (Å²) in [6.45, 7) is 8.73. The van der Waals surface area contributed by atoms with Crippen LogP contribution in [-0.2, 0) is 6.54 Å². The minimum Gasteiger partial charge on any atom is -0.306 e. The first kappa shape index (κ1) is 14.7. The van der Waals surface area contributed by atoms with Gasteiger partial charge in [-0.15, -0.1) is 0 Å². The Balaban J connectivity index is 2.13. The molecule has 0 aliphatic heterocycles. The van der Waals surface area contributed by atoms with Gasteiger partial charge in [-0.05, 0) is 51.0 Å². The van der Waals surface area contributed by atoms with E-state index in [0.29, 0.717) is 12.1 Å². The van der Waals surface area contributed by atoms with E-state index in [-0.39, 0.29) is 11.9 Å². The summed E-state index contributed by atoms with van der Waals surface area (Å²) in [5.74, 6) is -0.164. The van der Waals surface area contributed by atoms with Crippen molar-refractivity contribution < 1.29 is 4.39 Å². The van der Waals surface area contributed by atoms with Crippen LogP contribution < -0.4 is 5.32 Å². The average molecular weight is 272 g/mol. The topological polar surface area (TPSA) is 24.9 Å². The number of hydrogen-bond donors (Lipinski definition) is 1. The predicted octanol–water partition coefficient (Wildman–Crippen LogP) is 4.00. The lowest BCUT2D eigenvalue weighted by molar-refractivity contribution is 0.539. The molecule has 3 heteroatoms. The molecular weight excluding hydrogens is 251 g/mol. The van der Waals surface area contributed by atoms with E-state index in [1.165, 1.54) is 17.2 Å². The zero-order valence-corrected chi connectivity index (χ0v) is 12.5. The van der Waals surface area contributed by atoms with Crippen LogP contribution in [0.1, 0.15) is 41.0 Å². The Morgan fingerprint density at radius 1 is 1.20 bits per heavy atom. The second-order valence-corrected chi connectivity index (χ2v) is 5.27. The molecule has 0 saturated heterocycles. The van der Waals surface area contributed by atoms with Crippen molar-refractivity contribution in [1.82, 2.24) is 10.3 Å². The van der Waals surface area contributed by atoms with Gasteiger partial charge in [-0.2, -0.15) is 0 Å². The van der Waals surface area contributed by atoms with Gasteiger partial charge >= 0.3 is 0 Å². The van der Waals surface area contributed by atoms with Gasteiger partial charge in [0.15, 0.2) is 0 Å². The number of aromatic nitrogens is 1. The first-order valence-electron chi connectivity index (χ1n) is 6.90. The normalized spacial score (nSPS) is 12.4. The third-order valence-corrected chi connectivity index (χ3v) is 3.57. The van der Waals surface area contributed by atoms with Gasteiger partial charge in [-0.25, -0.2) is 4.39 Å². The highest BCUT2D eigenvalue weighted by Gasteiger charge is 2.13. The zero-order chi connectivity index (χ0) is 14.7. The predicted molar refractivity (Wildman–Crippen MR) is 80.1 cm³/mol. The van der Waals surface area contributed by atoms with Crippen molar-refractivity contribution in [3.8, 4) is 0 Å². The second-order valence-electron chi connectivity index (χ2n) is 5.27. The van der Waals surface area contributed by atoms with Crippen LogP contribution >= 0.6 is 0 Å². The molecule has 0 amide bonds. The Kier molecular flexibility index (Phi) is 4.50. The lowest BCUT2D eigenvalue weighted by Crippen LogP contribution is -2.21. The van der Waals surface area contributed by atoms with Crippen molar-refractivity contribution in [3.63, 3.8) is 0 Å². The van der Waals surface area contributed by atoms with Crippen LogP contribution in [0.4, 0.5) is 4.39 Å². The van der Waals surface area contributed by atoms with Crippen LogP contribution in [0.15, 0.2) is 30.3 Å². The van der Waals surface area contributed by atoms with Crippen molar-refractivity contribution in [2.24, 2.45) is 0 Å². The molecule has 1 aromatic heterocycles. The molecule has 0 aliphatic carbocycles. The fraction of sp³-hybridized carbons (Fsp3) is 0.353. The molecule has 0 radical (unpaired) electrons. The minimum atomic E-state index is -0.164. The van der Waals surface area contributed by atoms with E-state index < -0.39 is 0 Å². The highest BCUT2D eigenvalue weighted by atomic mass is 19.1. The van der Waals surface area contributed by atoms with Crippen molar-refractivity contribution in [3.05, 3.63) is 64.2 Å². The Bertz CT molecular complexity index is 585. The van der Waals surface area contributed by atoms with Gasteiger partial charge in [0.05, 0.1) is 0 Å². The van der Waals surface area contributed by atoms with E-state index in [9.17, 15) is 4.39 Å². The van der Waals surface area contributed by atoms with Gasteiger partial charge in [-0.3, -0.25) is 4.98 Å². The SMILES string of the molecule is Cc1cc(C)c(C(C)NCc2ccccc2F)c(C)n1. The van der Waals surface area contributed by atoms with Crippen LogP contribution in [0.3, 0.4) is 0 Å². The van der Waals surface area contributed by atoms with E-state index in [1.54, 1.807) is 6.07 Å². The summed E-state index contributed by atoms with van der Waals surface area (Å²) in [6.07, 6.45) is 0. The monoisotopic (exact) mass is 272 g/mol. The number of halogens is 1. The van der Waals surface area contributed by atoms with E-state index in [1.807, 2.05) is 26.0 Å². The molecule has 0 fully saturated rings. The average Bonchev–Trinajstić information content (AvgIpc) is 2.36. The van der Waals surface area contributed by atoms with Crippen molar-refractivity contribution in [2.75, 3.05) is 0 Å². The standard InChI is InChI=1S/C17H21FN2/c1-11-9-12(2)20-14(4)17(11)13(3)19-10-15-7-5-6-8-16(15)18/h5-9,13,19H,10H2,1-4H3. The minimum absolute atomic E-state index is 0.141. The molecular formula is C17H21FN2. The number of nitrogens with zero attached hydrogens (tertiary/aromatic N) is 1. The van der Waals surface area contributed by atoms with E-state index >= 15 is 0 Å². The first-order chi connectivity index (χ1) is 9.49. The maximum Gasteiger partial charge on any atom is 0.127 e. The summed E-state index contributed by atoms with van der Waals surface area (Å²) >= 11 is 0. The van der Waals surface area contributed by atoms with Crippen LogP contribution in [0.2, 0.25) is 0 Å². The summed E-state index contributed by atoms with van der Waals surface area (Å²) in [6, 6.07) is 9.09. The number of pyridine rings is 1. The molecule has 0 bridgehead atoms. The Hall–Kier alpha value is -1.74. The number of hydrogen-bond acceptors (Lipinski definition) is 2. The number of aryl methyl sites for hydroxylation is 3. The lowest BCUT2D eigenvalue weighted by atomic mass is 10.00. The van der Waals surface area contributed by atoms with Gasteiger partial charge in [-0.1, -0.05) is 18.2 Å². The van der Waals surface area contributed by atoms with Gasteiger partial charge in [0.2, 0.25) is 0 Å². The quantitative estimate of drug-likeness (QED) is 0.910. The van der Waals surface area contributed by atoms with Crippen molar-refractivity contribution in [2.45, 2.75) is 40.3 Å². The number of benzene rings is 1. The highest BCUT2D eigenvalue weighted by molar-refractivity contribution is 5.33. The maximum absolute atomic E-state index is 13.6. The Morgan fingerprint density at radius 2 is 1.90 bits per heavy atom. The maximum atomic E-state index is 13.6. The van der Waals surface area contributed by atoms with Gasteiger partial charge in [0.1, 0.15) is 5.82 Å². The zero-order valence-electron chi connectivity index (χ0n) is 12.5. The molecule has 1 aromatic carbocycles. The summed E-state index contributed by atoms with van der Waals surface area (Å²) in [7, 11) is 0. The molecule has 2 nitrogen and oxygen atoms in total. The summed E-state index contributed by atoms with van der Waals surface area (Å²) < 4.78 is 13.6. The summed E-state index contributed by atoms with van der Waals surface area (Å²) in [4.78, 5) is 4.51. The lowest BCUT2D eigenvalue weighted by Gasteiger charge is -2.19. The largest absolute Gasteiger partial charge is 0.306 e. The third kappa shape index (κ3) is 3.23. The van der Waals surface area contributed by atoms with E-state index in [2.05, 4.69) is 30.2 Å². The molecule has 2 rings (SSSR count). The molecule has 1 N–H and O–H groups in total. The van der Waals surface area contributed by atoms with Crippen LogP contribution in [-0.4, -0.2) is 4.98 Å². The van der Waals surface area contributed by atoms with Crippen LogP contribution in [0, 0.1) is 26.6 Å². The molecule has 2 aromatic rings. The molecule has 1 heterocycles. The summed E-state index contributed by atoms with van der Waals surface area (Å²) in [5, 5.41) is 3.38. The van der Waals surface area contributed by atoms with Crippen LogP contribution in [0.25, 0.3) is 0 Å². The Labute approximate surface area is 120 Å². The van der Waals surface area contributed by atoms with Gasteiger partial charge in [0, 0.05) is 29.5 Å². The fourth-order valence-electron chi connectivity index (χ4n) is 2.70. The highest BCUT2D eigenvalue weighted by Crippen LogP contribution is 2.21. The number of rotatable bonds is 4. The fourth-order valence-corrected chi connectivity index (χ4v) is 2.70. The number of nitrogens with one attached hydrogen (secondary N) is 1. The van der Waals surface area contributed by atoms with Crippen LogP contribution in [0.5, 0.6) is 0 Å². The molecule has 1 atom stereocenters. The van der Waals surface area contributed by atoms with Crippen molar-refractivity contribution >= 4 is 0 Å². The molecule has 1 unspecified atom stereocenters. The smallest absolute Gasteiger partial charge is 0.127 e. The molecule has 0 saturated carbocycles. The summed E-state index contributed by atoms with van der Waals surface area (Å²) in [5.41, 5.74) is 5.19. The van der Waals surface area contributed by atoms with Gasteiger partial charge in [0.25, 0.3) is 0 Å². The van der Waals surface area contributed by atoms with Crippen molar-refractivity contribution in [1.29, 1.82) is 0 Å².